The van der Waals surface area contributed by atoms with Crippen LogP contribution in [0.1, 0.15) is 17.5 Å². The zero-order chi connectivity index (χ0) is 13.9. The summed E-state index contributed by atoms with van der Waals surface area (Å²) >= 11 is 0. The maximum Gasteiger partial charge on any atom is 0.221 e. The summed E-state index contributed by atoms with van der Waals surface area (Å²) in [5.41, 5.74) is 0.795. The normalized spacial score (nSPS) is 18.9. The number of nitriles is 1. The van der Waals surface area contributed by atoms with Crippen molar-refractivity contribution >= 4 is 15.9 Å². The summed E-state index contributed by atoms with van der Waals surface area (Å²) in [5.74, 6) is -0.424. The summed E-state index contributed by atoms with van der Waals surface area (Å²) in [6.45, 7) is 0.304. The van der Waals surface area contributed by atoms with Crippen LogP contribution in [0.25, 0.3) is 0 Å². The van der Waals surface area contributed by atoms with Gasteiger partial charge in [-0.25, -0.2) is 13.1 Å². The second-order valence-corrected chi connectivity index (χ2v) is 6.10. The van der Waals surface area contributed by atoms with Crippen LogP contribution < -0.4 is 10.0 Å². The molecule has 1 fully saturated rings. The molecule has 1 aromatic carbocycles. The van der Waals surface area contributed by atoms with E-state index in [0.29, 0.717) is 17.7 Å². The van der Waals surface area contributed by atoms with E-state index in [2.05, 4.69) is 10.0 Å². The molecular weight excluding hydrogens is 266 g/mol. The van der Waals surface area contributed by atoms with Crippen LogP contribution in [0.4, 0.5) is 0 Å². The highest BCUT2D eigenvalue weighted by atomic mass is 32.2. The van der Waals surface area contributed by atoms with Gasteiger partial charge in [0.25, 0.3) is 0 Å². The molecule has 1 amide bonds. The van der Waals surface area contributed by atoms with Gasteiger partial charge >= 0.3 is 0 Å². The van der Waals surface area contributed by atoms with Gasteiger partial charge in [-0.2, -0.15) is 5.26 Å². The lowest BCUT2D eigenvalue weighted by Gasteiger charge is -2.11. The van der Waals surface area contributed by atoms with E-state index in [1.807, 2.05) is 6.07 Å². The van der Waals surface area contributed by atoms with Crippen molar-refractivity contribution in [3.63, 3.8) is 0 Å². The van der Waals surface area contributed by atoms with Crippen LogP contribution in [0, 0.1) is 11.3 Å². The lowest BCUT2D eigenvalue weighted by Crippen LogP contribution is -2.37. The van der Waals surface area contributed by atoms with Crippen molar-refractivity contribution in [1.82, 2.24) is 10.0 Å². The quantitative estimate of drug-likeness (QED) is 0.801. The minimum Gasteiger partial charge on any atom is -0.354 e. The summed E-state index contributed by atoms with van der Waals surface area (Å²) in [6, 6.07) is 8.10. The zero-order valence-corrected chi connectivity index (χ0v) is 10.9. The molecule has 1 saturated heterocycles. The maximum absolute atomic E-state index is 12.0. The Hall–Kier alpha value is -1.91. The summed E-state index contributed by atoms with van der Waals surface area (Å²) in [5, 5.41) is 11.5. The number of hydrogen-bond acceptors (Lipinski definition) is 4. The van der Waals surface area contributed by atoms with Crippen LogP contribution in [0.2, 0.25) is 0 Å². The fraction of sp³-hybridized carbons (Fsp3) is 0.333. The molecule has 0 bridgehead atoms. The molecule has 1 aliphatic heterocycles. The van der Waals surface area contributed by atoms with E-state index in [0.717, 1.165) is 0 Å². The number of benzene rings is 1. The molecule has 2 N–H and O–H groups in total. The largest absolute Gasteiger partial charge is 0.354 e. The second-order valence-electron chi connectivity index (χ2n) is 4.35. The molecule has 1 heterocycles. The van der Waals surface area contributed by atoms with Crippen molar-refractivity contribution in [1.29, 1.82) is 5.26 Å². The summed E-state index contributed by atoms with van der Waals surface area (Å²) < 4.78 is 26.4. The summed E-state index contributed by atoms with van der Waals surface area (Å²) in [7, 11) is -3.57. The Kier molecular flexibility index (Phi) is 3.83. The topological polar surface area (TPSA) is 99.1 Å². The molecule has 1 atom stereocenters. The molecule has 7 heteroatoms. The first-order valence-electron chi connectivity index (χ1n) is 5.75. The molecule has 0 radical (unpaired) electrons. The van der Waals surface area contributed by atoms with Crippen molar-refractivity contribution in [2.45, 2.75) is 18.2 Å². The Balaban J connectivity index is 2.09. The first kappa shape index (κ1) is 13.5. The third-order valence-electron chi connectivity index (χ3n) is 2.81. The highest BCUT2D eigenvalue weighted by Crippen LogP contribution is 2.12. The molecule has 1 aliphatic rings. The standard InChI is InChI=1S/C12H13N3O3S/c13-6-9-3-1-2-4-10(9)8-19(17,18)15-11-5-12(16)14-7-11/h1-4,11,15H,5,7-8H2,(H,14,16). The average Bonchev–Trinajstić information content (AvgIpc) is 2.74. The minimum atomic E-state index is -3.57. The van der Waals surface area contributed by atoms with Crippen LogP contribution >= 0.6 is 0 Å². The average molecular weight is 279 g/mol. The van der Waals surface area contributed by atoms with Crippen molar-refractivity contribution in [2.75, 3.05) is 6.54 Å². The molecular formula is C12H13N3O3S. The Labute approximate surface area is 111 Å². The molecule has 1 unspecified atom stereocenters. The Bertz CT molecular complexity index is 634. The van der Waals surface area contributed by atoms with Gasteiger partial charge in [0.1, 0.15) is 0 Å². The Morgan fingerprint density at radius 1 is 1.42 bits per heavy atom. The van der Waals surface area contributed by atoms with Crippen LogP contribution in [0.5, 0.6) is 0 Å². The first-order valence-corrected chi connectivity index (χ1v) is 7.40. The number of hydrogen-bond donors (Lipinski definition) is 2. The van der Waals surface area contributed by atoms with E-state index in [-0.39, 0.29) is 18.1 Å². The van der Waals surface area contributed by atoms with Gasteiger partial charge in [0.15, 0.2) is 0 Å². The van der Waals surface area contributed by atoms with E-state index in [9.17, 15) is 13.2 Å². The number of sulfonamides is 1. The molecule has 0 spiro atoms. The van der Waals surface area contributed by atoms with Crippen molar-refractivity contribution in [2.24, 2.45) is 0 Å². The van der Waals surface area contributed by atoms with E-state index in [1.54, 1.807) is 24.3 Å². The SMILES string of the molecule is N#Cc1ccccc1CS(=O)(=O)NC1CNC(=O)C1. The van der Waals surface area contributed by atoms with Gasteiger partial charge in [-0.1, -0.05) is 18.2 Å². The number of rotatable bonds is 4. The molecule has 100 valence electrons. The molecule has 2 rings (SSSR count). The van der Waals surface area contributed by atoms with Crippen molar-refractivity contribution in [3.8, 4) is 6.07 Å². The van der Waals surface area contributed by atoms with Gasteiger partial charge in [-0.05, 0) is 11.6 Å². The predicted octanol–water partition coefficient (Wildman–Crippen LogP) is -0.134. The van der Waals surface area contributed by atoms with Crippen molar-refractivity contribution < 1.29 is 13.2 Å². The zero-order valence-electron chi connectivity index (χ0n) is 10.1. The minimum absolute atomic E-state index is 0.152. The molecule has 0 aliphatic carbocycles. The van der Waals surface area contributed by atoms with Crippen molar-refractivity contribution in [3.05, 3.63) is 35.4 Å². The fourth-order valence-corrected chi connectivity index (χ4v) is 3.36. The van der Waals surface area contributed by atoms with Crippen LogP contribution in [-0.4, -0.2) is 26.9 Å². The van der Waals surface area contributed by atoms with E-state index in [1.165, 1.54) is 0 Å². The first-order chi connectivity index (χ1) is 9.00. The fourth-order valence-electron chi connectivity index (χ4n) is 1.94. The molecule has 6 nitrogen and oxygen atoms in total. The van der Waals surface area contributed by atoms with Gasteiger partial charge in [0.05, 0.1) is 17.4 Å². The van der Waals surface area contributed by atoms with Crippen LogP contribution in [0.3, 0.4) is 0 Å². The summed E-state index contributed by atoms with van der Waals surface area (Å²) in [4.78, 5) is 11.0. The number of carbonyl (C=O) groups excluding carboxylic acids is 1. The number of carbonyl (C=O) groups is 1. The highest BCUT2D eigenvalue weighted by Gasteiger charge is 2.26. The lowest BCUT2D eigenvalue weighted by atomic mass is 10.1. The lowest BCUT2D eigenvalue weighted by molar-refractivity contribution is -0.119. The second kappa shape index (κ2) is 5.38. The molecule has 19 heavy (non-hydrogen) atoms. The van der Waals surface area contributed by atoms with Gasteiger partial charge in [0, 0.05) is 19.0 Å². The monoisotopic (exact) mass is 279 g/mol. The smallest absolute Gasteiger partial charge is 0.221 e. The molecule has 1 aromatic rings. The van der Waals surface area contributed by atoms with E-state index < -0.39 is 16.1 Å². The maximum atomic E-state index is 12.0. The van der Waals surface area contributed by atoms with Gasteiger partial charge < -0.3 is 5.32 Å². The van der Waals surface area contributed by atoms with Crippen LogP contribution in [0.15, 0.2) is 24.3 Å². The van der Waals surface area contributed by atoms with E-state index >= 15 is 0 Å². The number of amides is 1. The Morgan fingerprint density at radius 2 is 2.16 bits per heavy atom. The van der Waals surface area contributed by atoms with Gasteiger partial charge in [-0.15, -0.1) is 0 Å². The Morgan fingerprint density at radius 3 is 2.79 bits per heavy atom. The predicted molar refractivity (Wildman–Crippen MR) is 68.3 cm³/mol. The van der Waals surface area contributed by atoms with Gasteiger partial charge in [0.2, 0.25) is 15.9 Å². The number of nitrogens with one attached hydrogen (secondary N) is 2. The third kappa shape index (κ3) is 3.53. The molecule has 0 saturated carbocycles. The highest BCUT2D eigenvalue weighted by molar-refractivity contribution is 7.88. The number of nitrogens with zero attached hydrogens (tertiary/aromatic N) is 1. The third-order valence-corrected chi connectivity index (χ3v) is 4.19. The van der Waals surface area contributed by atoms with E-state index in [4.69, 9.17) is 5.26 Å². The van der Waals surface area contributed by atoms with Gasteiger partial charge in [-0.3, -0.25) is 4.79 Å². The molecule has 0 aromatic heterocycles. The van der Waals surface area contributed by atoms with Crippen LogP contribution in [-0.2, 0) is 20.6 Å². The summed E-state index contributed by atoms with van der Waals surface area (Å²) in [6.07, 6.45) is 0.152.